The lowest BCUT2D eigenvalue weighted by atomic mass is 10.1. The normalized spacial score (nSPS) is 11.9. The maximum Gasteiger partial charge on any atom is 0.321 e. The number of carbonyl (C=O) groups is 2. The van der Waals surface area contributed by atoms with Gasteiger partial charge in [-0.3, -0.25) is 9.59 Å². The molecule has 0 aliphatic rings. The number of amides is 1. The molecule has 1 amide bonds. The van der Waals surface area contributed by atoms with Gasteiger partial charge < -0.3 is 16.2 Å². The van der Waals surface area contributed by atoms with Crippen molar-refractivity contribution in [3.63, 3.8) is 0 Å². The second-order valence-electron chi connectivity index (χ2n) is 4.10. The Bertz CT molecular complexity index is 415. The second-order valence-corrected chi connectivity index (χ2v) is 4.10. The summed E-state index contributed by atoms with van der Waals surface area (Å²) in [6.07, 6.45) is 0.766. The summed E-state index contributed by atoms with van der Waals surface area (Å²) < 4.78 is 0. The maximum absolute atomic E-state index is 11.4. The molecule has 0 saturated heterocycles. The minimum Gasteiger partial charge on any atom is -0.480 e. The van der Waals surface area contributed by atoms with Crippen LogP contribution in [0, 0.1) is 0 Å². The van der Waals surface area contributed by atoms with Crippen LogP contribution in [0.25, 0.3) is 0 Å². The van der Waals surface area contributed by atoms with Crippen molar-refractivity contribution in [1.82, 2.24) is 5.32 Å². The van der Waals surface area contributed by atoms with Gasteiger partial charge in [0.15, 0.2) is 0 Å². The molecule has 5 heteroatoms. The Kier molecular flexibility index (Phi) is 5.32. The third-order valence-electron chi connectivity index (χ3n) is 2.64. The van der Waals surface area contributed by atoms with Crippen LogP contribution < -0.4 is 11.1 Å². The van der Waals surface area contributed by atoms with Gasteiger partial charge in [0.05, 0.1) is 6.42 Å². The molecule has 0 bridgehead atoms. The van der Waals surface area contributed by atoms with Gasteiger partial charge in [0.25, 0.3) is 0 Å². The summed E-state index contributed by atoms with van der Waals surface area (Å²) in [5.41, 5.74) is 7.47. The Hall–Kier alpha value is -1.88. The zero-order valence-corrected chi connectivity index (χ0v) is 10.3. The molecule has 4 N–H and O–H groups in total. The van der Waals surface area contributed by atoms with Crippen molar-refractivity contribution in [3.8, 4) is 0 Å². The number of hydrogen-bond acceptors (Lipinski definition) is 3. The molecule has 0 spiro atoms. The van der Waals surface area contributed by atoms with Crippen molar-refractivity contribution in [2.24, 2.45) is 5.73 Å². The minimum absolute atomic E-state index is 0.206. The Labute approximate surface area is 106 Å². The van der Waals surface area contributed by atoms with Crippen molar-refractivity contribution in [2.75, 3.05) is 0 Å². The first-order valence-electron chi connectivity index (χ1n) is 5.85. The number of carbonyl (C=O) groups excluding carboxylic acids is 1. The molecule has 1 rings (SSSR count). The quantitative estimate of drug-likeness (QED) is 0.691. The smallest absolute Gasteiger partial charge is 0.321 e. The van der Waals surface area contributed by atoms with Gasteiger partial charge in [-0.1, -0.05) is 31.2 Å². The largest absolute Gasteiger partial charge is 0.480 e. The van der Waals surface area contributed by atoms with Gasteiger partial charge in [-0.15, -0.1) is 0 Å². The van der Waals surface area contributed by atoms with Crippen LogP contribution in [-0.4, -0.2) is 23.0 Å². The van der Waals surface area contributed by atoms with Crippen molar-refractivity contribution in [2.45, 2.75) is 32.4 Å². The summed E-state index contributed by atoms with van der Waals surface area (Å²) in [7, 11) is 0. The highest BCUT2D eigenvalue weighted by molar-refractivity contribution is 5.84. The SMILES string of the molecule is CCc1ccc(CNC(=O)CC(N)C(=O)O)cc1. The zero-order valence-electron chi connectivity index (χ0n) is 10.3. The van der Waals surface area contributed by atoms with Gasteiger partial charge >= 0.3 is 5.97 Å². The average Bonchev–Trinajstić information content (AvgIpc) is 2.36. The molecule has 0 radical (unpaired) electrons. The van der Waals surface area contributed by atoms with Crippen LogP contribution in [0.3, 0.4) is 0 Å². The van der Waals surface area contributed by atoms with E-state index < -0.39 is 12.0 Å². The second kappa shape index (κ2) is 6.76. The lowest BCUT2D eigenvalue weighted by molar-refractivity contribution is -0.140. The third kappa shape index (κ3) is 4.55. The van der Waals surface area contributed by atoms with Crippen molar-refractivity contribution in [1.29, 1.82) is 0 Å². The van der Waals surface area contributed by atoms with E-state index in [0.29, 0.717) is 6.54 Å². The summed E-state index contributed by atoms with van der Waals surface area (Å²) >= 11 is 0. The fourth-order valence-corrected chi connectivity index (χ4v) is 1.45. The molecule has 0 saturated carbocycles. The van der Waals surface area contributed by atoms with Crippen molar-refractivity contribution >= 4 is 11.9 Å². The fraction of sp³-hybridized carbons (Fsp3) is 0.385. The van der Waals surface area contributed by atoms with E-state index in [0.717, 1.165) is 12.0 Å². The predicted octanol–water partition coefficient (Wildman–Crippen LogP) is 0.667. The summed E-state index contributed by atoms with van der Waals surface area (Å²) in [4.78, 5) is 21.9. The van der Waals surface area contributed by atoms with E-state index in [-0.39, 0.29) is 12.3 Å². The van der Waals surface area contributed by atoms with Crippen LogP contribution in [0.5, 0.6) is 0 Å². The van der Waals surface area contributed by atoms with Crippen LogP contribution in [0.15, 0.2) is 24.3 Å². The summed E-state index contributed by atoms with van der Waals surface area (Å²) in [5, 5.41) is 11.2. The maximum atomic E-state index is 11.4. The van der Waals surface area contributed by atoms with E-state index in [2.05, 4.69) is 12.2 Å². The predicted molar refractivity (Wildman–Crippen MR) is 67.9 cm³/mol. The van der Waals surface area contributed by atoms with E-state index in [1.807, 2.05) is 24.3 Å². The highest BCUT2D eigenvalue weighted by atomic mass is 16.4. The Morgan fingerprint density at radius 2 is 1.83 bits per heavy atom. The molecule has 18 heavy (non-hydrogen) atoms. The Balaban J connectivity index is 2.40. The van der Waals surface area contributed by atoms with Gasteiger partial charge in [0, 0.05) is 6.54 Å². The van der Waals surface area contributed by atoms with Crippen LogP contribution >= 0.6 is 0 Å². The number of nitrogens with one attached hydrogen (secondary N) is 1. The van der Waals surface area contributed by atoms with Crippen LogP contribution in [0.2, 0.25) is 0 Å². The molecule has 0 heterocycles. The third-order valence-corrected chi connectivity index (χ3v) is 2.64. The van der Waals surface area contributed by atoms with Crippen LogP contribution in [0.1, 0.15) is 24.5 Å². The molecule has 98 valence electrons. The lowest BCUT2D eigenvalue weighted by Crippen LogP contribution is -2.36. The number of carboxylic acids is 1. The first-order valence-corrected chi connectivity index (χ1v) is 5.85. The summed E-state index contributed by atoms with van der Waals surface area (Å²) in [5.74, 6) is -1.53. The van der Waals surface area contributed by atoms with Gasteiger partial charge in [0.1, 0.15) is 6.04 Å². The molecule has 0 aliphatic carbocycles. The molecule has 1 atom stereocenters. The summed E-state index contributed by atoms with van der Waals surface area (Å²) in [6, 6.07) is 6.74. The number of rotatable bonds is 6. The highest BCUT2D eigenvalue weighted by Crippen LogP contribution is 2.04. The Morgan fingerprint density at radius 3 is 2.33 bits per heavy atom. The molecule has 0 fully saturated rings. The van der Waals surface area contributed by atoms with E-state index in [9.17, 15) is 9.59 Å². The van der Waals surface area contributed by atoms with Crippen molar-refractivity contribution < 1.29 is 14.7 Å². The zero-order chi connectivity index (χ0) is 13.5. The molecule has 1 unspecified atom stereocenters. The monoisotopic (exact) mass is 250 g/mol. The van der Waals surface area contributed by atoms with Gasteiger partial charge in [0.2, 0.25) is 5.91 Å². The van der Waals surface area contributed by atoms with E-state index in [4.69, 9.17) is 10.8 Å². The number of hydrogen-bond donors (Lipinski definition) is 3. The average molecular weight is 250 g/mol. The number of aliphatic carboxylic acids is 1. The highest BCUT2D eigenvalue weighted by Gasteiger charge is 2.15. The lowest BCUT2D eigenvalue weighted by Gasteiger charge is -2.08. The minimum atomic E-state index is -1.17. The van der Waals surface area contributed by atoms with Gasteiger partial charge in [-0.2, -0.15) is 0 Å². The van der Waals surface area contributed by atoms with E-state index in [1.165, 1.54) is 5.56 Å². The van der Waals surface area contributed by atoms with Gasteiger partial charge in [-0.25, -0.2) is 0 Å². The van der Waals surface area contributed by atoms with Crippen molar-refractivity contribution in [3.05, 3.63) is 35.4 Å². The topological polar surface area (TPSA) is 92.4 Å². The number of carboxylic acid groups (broad SMARTS) is 1. The first-order chi connectivity index (χ1) is 8.52. The molecule has 0 aromatic heterocycles. The molecular weight excluding hydrogens is 232 g/mol. The molecular formula is C13H18N2O3. The first kappa shape index (κ1) is 14.2. The number of benzene rings is 1. The molecule has 0 aliphatic heterocycles. The number of aryl methyl sites for hydroxylation is 1. The van der Waals surface area contributed by atoms with Crippen LogP contribution in [-0.2, 0) is 22.6 Å². The molecule has 5 nitrogen and oxygen atoms in total. The standard InChI is InChI=1S/C13H18N2O3/c1-2-9-3-5-10(6-4-9)8-15-12(16)7-11(14)13(17)18/h3-6,11H,2,7-8,14H2,1H3,(H,15,16)(H,17,18). The molecule has 1 aromatic carbocycles. The van der Waals surface area contributed by atoms with E-state index >= 15 is 0 Å². The van der Waals surface area contributed by atoms with Crippen LogP contribution in [0.4, 0.5) is 0 Å². The fourth-order valence-electron chi connectivity index (χ4n) is 1.45. The summed E-state index contributed by atoms with van der Waals surface area (Å²) in [6.45, 7) is 2.46. The number of nitrogens with two attached hydrogens (primary N) is 1. The van der Waals surface area contributed by atoms with Gasteiger partial charge in [-0.05, 0) is 17.5 Å². The van der Waals surface area contributed by atoms with E-state index in [1.54, 1.807) is 0 Å². The Morgan fingerprint density at radius 1 is 1.28 bits per heavy atom. The molecule has 1 aromatic rings.